The number of amides is 1. The Kier molecular flexibility index (Phi) is 9.11. The predicted octanol–water partition coefficient (Wildman–Crippen LogP) is 7.24. The van der Waals surface area contributed by atoms with Gasteiger partial charge in [0, 0.05) is 10.4 Å². The molecule has 1 heterocycles. The maximum absolute atomic E-state index is 13.8. The lowest BCUT2D eigenvalue weighted by atomic mass is 10.1. The Labute approximate surface area is 243 Å². The lowest BCUT2D eigenvalue weighted by molar-refractivity contribution is -0.118. The normalized spacial score (nSPS) is 12.2. The van der Waals surface area contributed by atoms with E-state index in [0.717, 1.165) is 10.9 Å². The van der Waals surface area contributed by atoms with Gasteiger partial charge in [0.25, 0.3) is 11.5 Å². The molecule has 1 atom stereocenters. The molecule has 7 nitrogen and oxygen atoms in total. The first-order valence-electron chi connectivity index (χ1n) is 11.6. The van der Waals surface area contributed by atoms with E-state index in [1.54, 1.807) is 30.5 Å². The van der Waals surface area contributed by atoms with Crippen LogP contribution in [0, 0.1) is 5.82 Å². The first kappa shape index (κ1) is 28.1. The summed E-state index contributed by atoms with van der Waals surface area (Å²) in [5.41, 5.74) is 1.10. The van der Waals surface area contributed by atoms with Gasteiger partial charge in [-0.05, 0) is 86.3 Å². The third-order valence-electron chi connectivity index (χ3n) is 5.72. The molecule has 0 radical (unpaired) electrons. The molecular weight excluding hydrogens is 687 g/mol. The van der Waals surface area contributed by atoms with Gasteiger partial charge in [-0.2, -0.15) is 9.78 Å². The molecule has 0 aliphatic heterocycles. The summed E-state index contributed by atoms with van der Waals surface area (Å²) in [4.78, 5) is 30.3. The Bertz CT molecular complexity index is 1580. The number of fused-ring (bicyclic) bond motifs is 1. The van der Waals surface area contributed by atoms with Crippen LogP contribution in [0.3, 0.4) is 0 Å². The molecule has 0 unspecified atom stereocenters. The van der Waals surface area contributed by atoms with Gasteiger partial charge in [-0.25, -0.2) is 9.37 Å². The number of hydrogen-bond donors (Lipinski definition) is 1. The summed E-state index contributed by atoms with van der Waals surface area (Å²) in [5, 5.41) is 7.42. The second-order valence-corrected chi connectivity index (χ2v) is 11.1. The Morgan fingerprint density at radius 3 is 2.55 bits per heavy atom. The molecule has 3 aromatic carbocycles. The molecule has 4 aromatic rings. The van der Waals surface area contributed by atoms with Crippen LogP contribution in [-0.4, -0.2) is 28.4 Å². The highest BCUT2D eigenvalue weighted by Gasteiger charge is 2.16. The molecule has 4 rings (SSSR count). The van der Waals surface area contributed by atoms with Crippen molar-refractivity contribution in [3.8, 4) is 5.75 Å². The smallest absolute Gasteiger partial charge is 0.282 e. The van der Waals surface area contributed by atoms with Crippen molar-refractivity contribution >= 4 is 76.5 Å². The minimum Gasteiger partial charge on any atom is -0.481 e. The van der Waals surface area contributed by atoms with Crippen LogP contribution in [0.4, 0.5) is 10.1 Å². The fraction of sp³-hybridized carbons (Fsp3) is 0.185. The number of rotatable bonds is 8. The van der Waals surface area contributed by atoms with Crippen LogP contribution in [0.15, 0.2) is 77.9 Å². The average Bonchev–Trinajstić information content (AvgIpc) is 2.88. The number of nitrogens with zero attached hydrogens (tertiary/aromatic N) is 3. The second kappa shape index (κ2) is 12.3. The average molecular weight is 709 g/mol. The Morgan fingerprint density at radius 2 is 1.87 bits per heavy atom. The summed E-state index contributed by atoms with van der Waals surface area (Å²) in [6, 6.07) is 14.8. The number of carbonyl (C=O) groups excluding carboxylic acids is 1. The molecule has 0 bridgehead atoms. The maximum Gasteiger partial charge on any atom is 0.282 e. The van der Waals surface area contributed by atoms with Gasteiger partial charge in [0.15, 0.2) is 6.61 Å². The molecule has 1 N–H and O–H groups in total. The molecular formula is C27H22Br3FN4O3. The van der Waals surface area contributed by atoms with E-state index in [-0.39, 0.29) is 23.8 Å². The highest BCUT2D eigenvalue weighted by atomic mass is 79.9. The van der Waals surface area contributed by atoms with E-state index in [1.807, 2.05) is 26.0 Å². The molecule has 0 fully saturated rings. The van der Waals surface area contributed by atoms with E-state index < -0.39 is 11.7 Å². The largest absolute Gasteiger partial charge is 0.481 e. The molecule has 1 amide bonds. The number of anilines is 1. The summed E-state index contributed by atoms with van der Waals surface area (Å²) >= 11 is 10.3. The van der Waals surface area contributed by atoms with Gasteiger partial charge in [-0.3, -0.25) is 9.59 Å². The molecule has 1 aromatic heterocycles. The van der Waals surface area contributed by atoms with Crippen LogP contribution in [0.5, 0.6) is 5.75 Å². The number of nitrogens with one attached hydrogen (secondary N) is 1. The summed E-state index contributed by atoms with van der Waals surface area (Å²) in [6.07, 6.45) is 2.35. The number of ether oxygens (including phenoxy) is 1. The molecule has 0 aliphatic rings. The third-order valence-corrected chi connectivity index (χ3v) is 7.40. The van der Waals surface area contributed by atoms with E-state index in [2.05, 4.69) is 58.2 Å². The maximum atomic E-state index is 13.8. The first-order chi connectivity index (χ1) is 18.2. The minimum absolute atomic E-state index is 0.0117. The second-order valence-electron chi connectivity index (χ2n) is 8.43. The van der Waals surface area contributed by atoms with E-state index in [1.165, 1.54) is 22.9 Å². The number of para-hydroxylation sites is 1. The number of halogens is 4. The molecule has 0 saturated heterocycles. The summed E-state index contributed by atoms with van der Waals surface area (Å²) < 4.78 is 22.7. The van der Waals surface area contributed by atoms with Crippen molar-refractivity contribution in [2.24, 2.45) is 5.10 Å². The third kappa shape index (κ3) is 6.39. The van der Waals surface area contributed by atoms with Gasteiger partial charge in [-0.15, -0.1) is 0 Å². The van der Waals surface area contributed by atoms with Crippen LogP contribution in [-0.2, 0) is 4.79 Å². The number of aromatic nitrogens is 2. The molecule has 0 spiro atoms. The lowest BCUT2D eigenvalue weighted by Gasteiger charge is -2.14. The fourth-order valence-corrected chi connectivity index (χ4v) is 5.39. The van der Waals surface area contributed by atoms with Crippen LogP contribution in [0.25, 0.3) is 10.9 Å². The van der Waals surface area contributed by atoms with Gasteiger partial charge >= 0.3 is 0 Å². The Balaban J connectivity index is 1.58. The van der Waals surface area contributed by atoms with Crippen molar-refractivity contribution in [2.75, 3.05) is 11.9 Å². The zero-order valence-corrected chi connectivity index (χ0v) is 25.1. The lowest BCUT2D eigenvalue weighted by Crippen LogP contribution is -2.23. The molecule has 196 valence electrons. The first-order valence-corrected chi connectivity index (χ1v) is 14.0. The monoisotopic (exact) mass is 706 g/mol. The summed E-state index contributed by atoms with van der Waals surface area (Å²) in [7, 11) is 0. The molecule has 0 saturated carbocycles. The van der Waals surface area contributed by atoms with Gasteiger partial charge in [0.05, 0.1) is 31.8 Å². The predicted molar refractivity (Wildman–Crippen MR) is 158 cm³/mol. The van der Waals surface area contributed by atoms with E-state index in [4.69, 9.17) is 9.72 Å². The van der Waals surface area contributed by atoms with Gasteiger partial charge in [0.2, 0.25) is 0 Å². The van der Waals surface area contributed by atoms with Crippen molar-refractivity contribution in [1.29, 1.82) is 0 Å². The molecule has 11 heteroatoms. The van der Waals surface area contributed by atoms with Crippen molar-refractivity contribution < 1.29 is 13.9 Å². The standard InChI is InChI=1S/C27H22Br3FN4O3/c1-3-15(2)26-34-22-9-8-17(28)12-18(22)27(37)35(26)32-13-16-10-19(29)25(20(30)11-16)38-14-24(36)33-23-7-5-4-6-21(23)31/h4-13,15H,3,14H2,1-2H3,(H,33,36)/t15-/m0/s1. The van der Waals surface area contributed by atoms with E-state index in [9.17, 15) is 14.0 Å². The zero-order chi connectivity index (χ0) is 27.4. The number of carbonyl (C=O) groups is 1. The van der Waals surface area contributed by atoms with Gasteiger partial charge < -0.3 is 10.1 Å². The summed E-state index contributed by atoms with van der Waals surface area (Å²) in [5.74, 6) is -0.0654. The minimum atomic E-state index is -0.531. The van der Waals surface area contributed by atoms with Crippen LogP contribution < -0.4 is 15.6 Å². The highest BCUT2D eigenvalue weighted by Crippen LogP contribution is 2.34. The van der Waals surface area contributed by atoms with Crippen molar-refractivity contribution in [3.63, 3.8) is 0 Å². The van der Waals surface area contributed by atoms with E-state index in [0.29, 0.717) is 37.0 Å². The highest BCUT2D eigenvalue weighted by molar-refractivity contribution is 9.11. The molecule has 38 heavy (non-hydrogen) atoms. The van der Waals surface area contributed by atoms with Crippen LogP contribution in [0.2, 0.25) is 0 Å². The topological polar surface area (TPSA) is 85.6 Å². The Hall–Kier alpha value is -2.89. The summed E-state index contributed by atoms with van der Waals surface area (Å²) in [6.45, 7) is 3.70. The Morgan fingerprint density at radius 1 is 1.16 bits per heavy atom. The fourth-order valence-electron chi connectivity index (χ4n) is 3.58. The SMILES string of the molecule is CC[C@H](C)c1nc2ccc(Br)cc2c(=O)n1N=Cc1cc(Br)c(OCC(=O)Nc2ccccc2F)c(Br)c1. The zero-order valence-electron chi connectivity index (χ0n) is 20.3. The van der Waals surface area contributed by atoms with Crippen molar-refractivity contribution in [1.82, 2.24) is 9.66 Å². The van der Waals surface area contributed by atoms with Gasteiger partial charge in [0.1, 0.15) is 17.4 Å². The van der Waals surface area contributed by atoms with Crippen LogP contribution in [0.1, 0.15) is 37.6 Å². The van der Waals surface area contributed by atoms with Gasteiger partial charge in [-0.1, -0.05) is 41.9 Å². The quantitative estimate of drug-likeness (QED) is 0.196. The van der Waals surface area contributed by atoms with Crippen LogP contribution >= 0.6 is 47.8 Å². The van der Waals surface area contributed by atoms with Crippen molar-refractivity contribution in [2.45, 2.75) is 26.2 Å². The number of benzene rings is 3. The molecule has 0 aliphatic carbocycles. The van der Waals surface area contributed by atoms with E-state index >= 15 is 0 Å². The number of hydrogen-bond acceptors (Lipinski definition) is 5. The van der Waals surface area contributed by atoms with Crippen molar-refractivity contribution in [3.05, 3.63) is 95.6 Å².